The fourth-order valence-corrected chi connectivity index (χ4v) is 2.59. The van der Waals surface area contributed by atoms with Crippen molar-refractivity contribution in [3.05, 3.63) is 52.1 Å². The predicted octanol–water partition coefficient (Wildman–Crippen LogP) is 1.97. The van der Waals surface area contributed by atoms with Crippen LogP contribution in [0.4, 0.5) is 5.69 Å². The van der Waals surface area contributed by atoms with E-state index >= 15 is 0 Å². The zero-order valence-corrected chi connectivity index (χ0v) is 12.1. The molecule has 0 radical (unpaired) electrons. The van der Waals surface area contributed by atoms with Crippen molar-refractivity contribution in [2.24, 2.45) is 5.41 Å². The molecule has 0 saturated heterocycles. The summed E-state index contributed by atoms with van der Waals surface area (Å²) < 4.78 is 9.43. The summed E-state index contributed by atoms with van der Waals surface area (Å²) in [6.07, 6.45) is 3.37. The maximum Gasteiger partial charge on any atom is 0.327 e. The Hall–Kier alpha value is -2.70. The van der Waals surface area contributed by atoms with Crippen molar-refractivity contribution >= 4 is 17.6 Å². The quantitative estimate of drug-likeness (QED) is 0.277. The van der Waals surface area contributed by atoms with Crippen LogP contribution in [-0.2, 0) is 19.1 Å². The first-order valence-corrected chi connectivity index (χ1v) is 6.55. The van der Waals surface area contributed by atoms with Crippen LogP contribution in [0.5, 0.6) is 0 Å². The molecule has 0 aliphatic heterocycles. The number of nitro groups is 1. The van der Waals surface area contributed by atoms with Gasteiger partial charge in [-0.2, -0.15) is 0 Å². The molecule has 0 fully saturated rings. The molecule has 1 aliphatic rings. The number of carbonyl (C=O) groups excluding carboxylic acids is 2. The lowest BCUT2D eigenvalue weighted by Gasteiger charge is -2.22. The number of non-ortho nitro benzene ring substituents is 1. The number of ether oxygens (including phenoxy) is 2. The van der Waals surface area contributed by atoms with Crippen molar-refractivity contribution in [3.8, 4) is 0 Å². The van der Waals surface area contributed by atoms with Crippen LogP contribution >= 0.6 is 0 Å². The number of carbonyl (C=O) groups is 2. The van der Waals surface area contributed by atoms with E-state index in [2.05, 4.69) is 0 Å². The molecule has 0 saturated carbocycles. The normalized spacial score (nSPS) is 18.7. The fraction of sp³-hybridized carbons (Fsp3) is 0.333. The van der Waals surface area contributed by atoms with Gasteiger partial charge in [-0.15, -0.1) is 0 Å². The number of nitrogens with zero attached hydrogens (tertiary/aromatic N) is 1. The van der Waals surface area contributed by atoms with E-state index in [1.54, 1.807) is 18.2 Å². The van der Waals surface area contributed by atoms with E-state index in [1.807, 2.05) is 0 Å². The highest BCUT2D eigenvalue weighted by Crippen LogP contribution is 2.43. The molecule has 1 unspecified atom stereocenters. The Morgan fingerprint density at radius 2 is 1.73 bits per heavy atom. The van der Waals surface area contributed by atoms with Gasteiger partial charge in [0.2, 0.25) is 0 Å². The van der Waals surface area contributed by atoms with Gasteiger partial charge in [-0.25, -0.2) is 0 Å². The lowest BCUT2D eigenvalue weighted by molar-refractivity contribution is -0.384. The van der Waals surface area contributed by atoms with Crippen molar-refractivity contribution in [1.82, 2.24) is 0 Å². The highest BCUT2D eigenvalue weighted by molar-refractivity contribution is 6.03. The summed E-state index contributed by atoms with van der Waals surface area (Å²) in [7, 11) is 2.42. The average Bonchev–Trinajstić information content (AvgIpc) is 2.99. The zero-order valence-electron chi connectivity index (χ0n) is 12.1. The third kappa shape index (κ3) is 2.57. The molecule has 1 aliphatic carbocycles. The lowest BCUT2D eigenvalue weighted by atomic mass is 9.83. The van der Waals surface area contributed by atoms with E-state index in [0.29, 0.717) is 0 Å². The minimum absolute atomic E-state index is 0.0158. The number of benzene rings is 1. The van der Waals surface area contributed by atoms with Gasteiger partial charge >= 0.3 is 11.9 Å². The molecule has 0 spiro atoms. The molecular formula is C15H15NO6. The van der Waals surface area contributed by atoms with Crippen molar-refractivity contribution in [2.75, 3.05) is 14.2 Å². The maximum atomic E-state index is 12.0. The van der Waals surface area contributed by atoms with Gasteiger partial charge in [0.25, 0.3) is 5.69 Å². The summed E-state index contributed by atoms with van der Waals surface area (Å²) in [5.41, 5.74) is -0.704. The van der Waals surface area contributed by atoms with E-state index < -0.39 is 22.3 Å². The van der Waals surface area contributed by atoms with Crippen LogP contribution in [0.1, 0.15) is 17.9 Å². The number of hydrogen-bond donors (Lipinski definition) is 0. The minimum atomic E-state index is -1.46. The molecule has 0 amide bonds. The second kappa shape index (κ2) is 5.97. The zero-order chi connectivity index (χ0) is 16.3. The topological polar surface area (TPSA) is 95.7 Å². The summed E-state index contributed by atoms with van der Waals surface area (Å²) in [5, 5.41) is 10.7. The standard InChI is InChI=1S/C15H15NO6/c1-21-13(17)15(14(18)22-2)8-7-11(9-15)10-3-5-12(6-4-10)16(19)20/h3-8,11H,9H2,1-2H3. The van der Waals surface area contributed by atoms with Gasteiger partial charge in [0.15, 0.2) is 5.41 Å². The molecule has 0 heterocycles. The van der Waals surface area contributed by atoms with Crippen LogP contribution < -0.4 is 0 Å². The summed E-state index contributed by atoms with van der Waals surface area (Å²) in [4.78, 5) is 34.2. The molecule has 22 heavy (non-hydrogen) atoms. The molecular weight excluding hydrogens is 290 g/mol. The Morgan fingerprint density at radius 1 is 1.18 bits per heavy atom. The Balaban J connectivity index is 2.27. The monoisotopic (exact) mass is 305 g/mol. The highest BCUT2D eigenvalue weighted by Gasteiger charge is 2.50. The smallest absolute Gasteiger partial charge is 0.327 e. The summed E-state index contributed by atoms with van der Waals surface area (Å²) >= 11 is 0. The molecule has 0 N–H and O–H groups in total. The third-order valence-electron chi connectivity index (χ3n) is 3.79. The second-order valence-electron chi connectivity index (χ2n) is 4.97. The van der Waals surface area contributed by atoms with Gasteiger partial charge in [-0.05, 0) is 12.0 Å². The first-order valence-electron chi connectivity index (χ1n) is 6.55. The predicted molar refractivity (Wildman–Crippen MR) is 76.1 cm³/mol. The molecule has 0 bridgehead atoms. The van der Waals surface area contributed by atoms with Crippen molar-refractivity contribution in [1.29, 1.82) is 0 Å². The van der Waals surface area contributed by atoms with Crippen LogP contribution in [-0.4, -0.2) is 31.1 Å². The molecule has 7 nitrogen and oxygen atoms in total. The van der Waals surface area contributed by atoms with Crippen LogP contribution in [0.15, 0.2) is 36.4 Å². The highest BCUT2D eigenvalue weighted by atomic mass is 16.6. The molecule has 1 aromatic rings. The van der Waals surface area contributed by atoms with E-state index in [0.717, 1.165) is 5.56 Å². The molecule has 1 aromatic carbocycles. The summed E-state index contributed by atoms with van der Waals surface area (Å²) in [6, 6.07) is 5.99. The number of methoxy groups -OCH3 is 2. The molecule has 0 aromatic heterocycles. The van der Waals surface area contributed by atoms with Gasteiger partial charge in [-0.3, -0.25) is 19.7 Å². The Bertz CT molecular complexity index is 618. The van der Waals surface area contributed by atoms with Crippen LogP contribution in [0.25, 0.3) is 0 Å². The van der Waals surface area contributed by atoms with E-state index in [4.69, 9.17) is 9.47 Å². The first kappa shape index (κ1) is 15.7. The van der Waals surface area contributed by atoms with Crippen molar-refractivity contribution in [2.45, 2.75) is 12.3 Å². The van der Waals surface area contributed by atoms with Crippen LogP contribution in [0.2, 0.25) is 0 Å². The van der Waals surface area contributed by atoms with Gasteiger partial charge < -0.3 is 9.47 Å². The number of esters is 2. The molecule has 116 valence electrons. The molecule has 2 rings (SSSR count). The van der Waals surface area contributed by atoms with Crippen LogP contribution in [0.3, 0.4) is 0 Å². The van der Waals surface area contributed by atoms with E-state index in [1.165, 1.54) is 32.4 Å². The minimum Gasteiger partial charge on any atom is -0.468 e. The Morgan fingerprint density at radius 3 is 2.18 bits per heavy atom. The van der Waals surface area contributed by atoms with Gasteiger partial charge in [0.05, 0.1) is 19.1 Å². The lowest BCUT2D eigenvalue weighted by Crippen LogP contribution is -2.38. The van der Waals surface area contributed by atoms with E-state index in [-0.39, 0.29) is 18.0 Å². The molecule has 7 heteroatoms. The van der Waals surface area contributed by atoms with Crippen molar-refractivity contribution in [3.63, 3.8) is 0 Å². The largest absolute Gasteiger partial charge is 0.468 e. The van der Waals surface area contributed by atoms with Gasteiger partial charge in [-0.1, -0.05) is 24.3 Å². The van der Waals surface area contributed by atoms with E-state index in [9.17, 15) is 19.7 Å². The summed E-state index contributed by atoms with van der Waals surface area (Å²) in [5.74, 6) is -1.58. The number of rotatable bonds is 4. The molecule has 1 atom stereocenters. The maximum absolute atomic E-state index is 12.0. The number of hydrogen-bond acceptors (Lipinski definition) is 6. The third-order valence-corrected chi connectivity index (χ3v) is 3.79. The number of nitro benzene ring substituents is 1. The Labute approximate surface area is 126 Å². The van der Waals surface area contributed by atoms with Gasteiger partial charge in [0.1, 0.15) is 0 Å². The first-order chi connectivity index (χ1) is 10.4. The average molecular weight is 305 g/mol. The SMILES string of the molecule is COC(=O)C1(C(=O)OC)C=CC(c2ccc([N+](=O)[O-])cc2)C1. The van der Waals surface area contributed by atoms with Crippen molar-refractivity contribution < 1.29 is 24.0 Å². The number of allylic oxidation sites excluding steroid dienone is 1. The second-order valence-corrected chi connectivity index (χ2v) is 4.97. The van der Waals surface area contributed by atoms with Gasteiger partial charge in [0, 0.05) is 18.1 Å². The fourth-order valence-electron chi connectivity index (χ4n) is 2.59. The van der Waals surface area contributed by atoms with Crippen LogP contribution in [0, 0.1) is 15.5 Å². The summed E-state index contributed by atoms with van der Waals surface area (Å²) in [6.45, 7) is 0. The Kier molecular flexibility index (Phi) is 4.25.